The molecule has 1 fully saturated rings. The Morgan fingerprint density at radius 3 is 0.500 bits per heavy atom. The minimum absolute atomic E-state index is 0. The summed E-state index contributed by atoms with van der Waals surface area (Å²) < 4.78 is 0. The van der Waals surface area contributed by atoms with Gasteiger partial charge < -0.3 is 62.2 Å². The van der Waals surface area contributed by atoms with Gasteiger partial charge in [-0.2, -0.15) is 0 Å². The SMILES string of the molecule is C1CNCCNCCNCCNCCNCCN1.O.[Cl-].[Cl-].[Cu+2]. The minimum Gasteiger partial charge on any atom is -1.00 e. The maximum absolute atomic E-state index is 3.41. The van der Waals surface area contributed by atoms with Crippen LogP contribution in [-0.4, -0.2) is 84.0 Å². The van der Waals surface area contributed by atoms with Crippen molar-refractivity contribution in [2.75, 3.05) is 78.5 Å². The number of hydrogen-bond donors (Lipinski definition) is 6. The largest absolute Gasteiger partial charge is 2.00 e. The summed E-state index contributed by atoms with van der Waals surface area (Å²) in [5, 5.41) is 20.5. The van der Waals surface area contributed by atoms with Crippen LogP contribution in [0.1, 0.15) is 0 Å². The number of rotatable bonds is 0. The van der Waals surface area contributed by atoms with E-state index in [0.717, 1.165) is 78.5 Å². The second-order valence-corrected chi connectivity index (χ2v) is 4.50. The van der Waals surface area contributed by atoms with Gasteiger partial charge in [-0.15, -0.1) is 0 Å². The molecular formula is C12H32Cl2CuN6O. The van der Waals surface area contributed by atoms with Gasteiger partial charge in [0, 0.05) is 78.5 Å². The van der Waals surface area contributed by atoms with E-state index < -0.39 is 0 Å². The van der Waals surface area contributed by atoms with Gasteiger partial charge in [-0.3, -0.25) is 0 Å². The van der Waals surface area contributed by atoms with E-state index in [-0.39, 0.29) is 47.4 Å². The normalized spacial score (nSPS) is 19.6. The Balaban J connectivity index is -0.000000405. The second kappa shape index (κ2) is 26.7. The molecule has 0 aliphatic carbocycles. The van der Waals surface area contributed by atoms with Crippen molar-refractivity contribution in [1.82, 2.24) is 31.9 Å². The Labute approximate surface area is 157 Å². The average molecular weight is 411 g/mol. The maximum atomic E-state index is 3.41. The minimum atomic E-state index is 0. The van der Waals surface area contributed by atoms with Crippen LogP contribution in [0.4, 0.5) is 0 Å². The van der Waals surface area contributed by atoms with E-state index in [1.54, 1.807) is 0 Å². The second-order valence-electron chi connectivity index (χ2n) is 4.50. The maximum Gasteiger partial charge on any atom is 2.00 e. The standard InChI is InChI=1S/C12H30N6.2ClH.Cu.H2O/c1-2-14-5-6-16-9-10-18-12-11-17-8-7-15-4-3-13-1;;;;/h13-18H,1-12H2;2*1H;;1H2/q;;;+2;/p-2. The predicted molar refractivity (Wildman–Crippen MR) is 80.8 cm³/mol. The average Bonchev–Trinajstić information content (AvgIpc) is 2.39. The molecule has 0 aromatic rings. The van der Waals surface area contributed by atoms with Crippen molar-refractivity contribution in [3.8, 4) is 0 Å². The summed E-state index contributed by atoms with van der Waals surface area (Å²) in [6.45, 7) is 12.5. The van der Waals surface area contributed by atoms with Gasteiger partial charge in [0.05, 0.1) is 0 Å². The van der Waals surface area contributed by atoms with Crippen LogP contribution in [-0.2, 0) is 17.1 Å². The molecule has 1 aliphatic rings. The molecule has 1 rings (SSSR count). The van der Waals surface area contributed by atoms with E-state index >= 15 is 0 Å². The molecule has 8 N–H and O–H groups in total. The Hall–Kier alpha value is 0.819. The molecule has 141 valence electrons. The van der Waals surface area contributed by atoms with E-state index in [1.807, 2.05) is 0 Å². The van der Waals surface area contributed by atoms with Crippen LogP contribution < -0.4 is 56.7 Å². The third-order valence-electron chi connectivity index (χ3n) is 2.87. The van der Waals surface area contributed by atoms with E-state index in [2.05, 4.69) is 31.9 Å². The topological polar surface area (TPSA) is 104 Å². The summed E-state index contributed by atoms with van der Waals surface area (Å²) in [6.07, 6.45) is 0. The van der Waals surface area contributed by atoms with Crippen molar-refractivity contribution in [2.24, 2.45) is 0 Å². The Morgan fingerprint density at radius 2 is 0.409 bits per heavy atom. The molecule has 10 heteroatoms. The summed E-state index contributed by atoms with van der Waals surface area (Å²) in [4.78, 5) is 0. The van der Waals surface area contributed by atoms with E-state index in [1.165, 1.54) is 0 Å². The first-order chi connectivity index (χ1) is 9.00. The van der Waals surface area contributed by atoms with Gasteiger partial charge in [0.1, 0.15) is 0 Å². The van der Waals surface area contributed by atoms with E-state index in [4.69, 9.17) is 0 Å². The van der Waals surface area contributed by atoms with Crippen molar-refractivity contribution in [3.05, 3.63) is 0 Å². The van der Waals surface area contributed by atoms with Gasteiger partial charge in [0.2, 0.25) is 0 Å². The summed E-state index contributed by atoms with van der Waals surface area (Å²) in [5.41, 5.74) is 0. The summed E-state index contributed by atoms with van der Waals surface area (Å²) in [5.74, 6) is 0. The van der Waals surface area contributed by atoms with Crippen LogP contribution in [0.3, 0.4) is 0 Å². The molecule has 0 bridgehead atoms. The fraction of sp³-hybridized carbons (Fsp3) is 1.00. The fourth-order valence-corrected chi connectivity index (χ4v) is 1.81. The molecule has 0 spiro atoms. The van der Waals surface area contributed by atoms with Gasteiger partial charge in [0.15, 0.2) is 0 Å². The molecule has 7 nitrogen and oxygen atoms in total. The molecule has 0 atom stereocenters. The van der Waals surface area contributed by atoms with Crippen LogP contribution in [0.15, 0.2) is 0 Å². The zero-order valence-corrected chi connectivity index (χ0v) is 15.5. The smallest absolute Gasteiger partial charge is 1.00 e. The van der Waals surface area contributed by atoms with E-state index in [0.29, 0.717) is 0 Å². The number of halogens is 2. The first kappa shape index (κ1) is 30.7. The van der Waals surface area contributed by atoms with Crippen LogP contribution in [0.2, 0.25) is 0 Å². The molecule has 0 unspecified atom stereocenters. The monoisotopic (exact) mass is 409 g/mol. The van der Waals surface area contributed by atoms with Crippen LogP contribution in [0, 0.1) is 0 Å². The predicted octanol–water partition coefficient (Wildman–Crippen LogP) is -9.28. The Kier molecular flexibility index (Phi) is 37.2. The molecule has 1 heterocycles. The van der Waals surface area contributed by atoms with Crippen molar-refractivity contribution in [3.63, 3.8) is 0 Å². The summed E-state index contributed by atoms with van der Waals surface area (Å²) in [7, 11) is 0. The fourth-order valence-electron chi connectivity index (χ4n) is 1.81. The molecule has 1 aliphatic heterocycles. The number of nitrogens with one attached hydrogen (secondary N) is 6. The van der Waals surface area contributed by atoms with Gasteiger partial charge in [-0.05, 0) is 0 Å². The first-order valence-electron chi connectivity index (χ1n) is 7.24. The van der Waals surface area contributed by atoms with E-state index in [9.17, 15) is 0 Å². The molecule has 0 aromatic heterocycles. The zero-order valence-electron chi connectivity index (χ0n) is 13.0. The van der Waals surface area contributed by atoms with Crippen molar-refractivity contribution >= 4 is 0 Å². The summed E-state index contributed by atoms with van der Waals surface area (Å²) >= 11 is 0. The molecule has 0 saturated carbocycles. The zero-order chi connectivity index (χ0) is 12.7. The van der Waals surface area contributed by atoms with Gasteiger partial charge in [0.25, 0.3) is 0 Å². The van der Waals surface area contributed by atoms with Crippen LogP contribution >= 0.6 is 0 Å². The molecule has 0 amide bonds. The molecular weight excluding hydrogens is 379 g/mol. The molecule has 0 aromatic carbocycles. The Bertz CT molecular complexity index is 113. The van der Waals surface area contributed by atoms with Crippen molar-refractivity contribution in [1.29, 1.82) is 0 Å². The molecule has 1 radical (unpaired) electrons. The van der Waals surface area contributed by atoms with Gasteiger partial charge in [-0.25, -0.2) is 0 Å². The summed E-state index contributed by atoms with van der Waals surface area (Å²) in [6, 6.07) is 0. The van der Waals surface area contributed by atoms with Crippen LogP contribution in [0.5, 0.6) is 0 Å². The first-order valence-corrected chi connectivity index (χ1v) is 7.24. The number of hydrogen-bond acceptors (Lipinski definition) is 6. The van der Waals surface area contributed by atoms with Crippen molar-refractivity contribution < 1.29 is 47.4 Å². The quantitative estimate of drug-likeness (QED) is 0.222. The molecule has 1 saturated heterocycles. The third kappa shape index (κ3) is 23.1. The third-order valence-corrected chi connectivity index (χ3v) is 2.87. The van der Waals surface area contributed by atoms with Crippen molar-refractivity contribution in [2.45, 2.75) is 0 Å². The Morgan fingerprint density at radius 1 is 0.318 bits per heavy atom. The molecule has 22 heavy (non-hydrogen) atoms. The van der Waals surface area contributed by atoms with Gasteiger partial charge in [-0.1, -0.05) is 0 Å². The van der Waals surface area contributed by atoms with Gasteiger partial charge >= 0.3 is 17.1 Å². The van der Waals surface area contributed by atoms with Crippen LogP contribution in [0.25, 0.3) is 0 Å².